The number of sulfone groups is 1. The average molecular weight is 547 g/mol. The van der Waals surface area contributed by atoms with Crippen molar-refractivity contribution in [2.75, 3.05) is 25.2 Å². The third kappa shape index (κ3) is 5.62. The number of likely N-dealkylation sites (N-methyl/N-ethyl adjacent to an activating group) is 1. The number of aromatic nitrogens is 1. The molecule has 1 aromatic heterocycles. The first-order valence-corrected chi connectivity index (χ1v) is 15.1. The fourth-order valence-electron chi connectivity index (χ4n) is 5.38. The molecule has 0 N–H and O–H groups in total. The Labute approximate surface area is 229 Å². The van der Waals surface area contributed by atoms with E-state index >= 15 is 0 Å². The summed E-state index contributed by atoms with van der Waals surface area (Å²) in [5, 5.41) is 0.694. The Hall–Kier alpha value is -3.52. The number of carbonyl (C=O) groups is 2. The van der Waals surface area contributed by atoms with Gasteiger partial charge in [-0.2, -0.15) is 0 Å². The molecule has 2 aromatic carbocycles. The second-order valence-corrected chi connectivity index (χ2v) is 13.7. The van der Waals surface area contributed by atoms with Gasteiger partial charge in [-0.15, -0.1) is 0 Å². The summed E-state index contributed by atoms with van der Waals surface area (Å²) in [6.45, 7) is 6.12. The van der Waals surface area contributed by atoms with E-state index in [0.717, 1.165) is 28.8 Å². The van der Waals surface area contributed by atoms with Crippen LogP contribution in [0.4, 0.5) is 0 Å². The van der Waals surface area contributed by atoms with E-state index in [0.29, 0.717) is 29.3 Å². The molecular weight excluding hydrogens is 512 g/mol. The van der Waals surface area contributed by atoms with Crippen molar-refractivity contribution < 1.29 is 22.7 Å². The summed E-state index contributed by atoms with van der Waals surface area (Å²) in [7, 11) is -1.57. The third-order valence-electron chi connectivity index (χ3n) is 7.74. The molecule has 1 aliphatic heterocycles. The van der Waals surface area contributed by atoms with Crippen LogP contribution in [0, 0.1) is 0 Å². The van der Waals surface area contributed by atoms with Crippen LogP contribution >= 0.6 is 0 Å². The molecule has 204 valence electrons. The van der Waals surface area contributed by atoms with Gasteiger partial charge in [-0.05, 0) is 59.1 Å². The molecule has 0 bridgehead atoms. The van der Waals surface area contributed by atoms with Crippen LogP contribution < -0.4 is 0 Å². The summed E-state index contributed by atoms with van der Waals surface area (Å²) in [4.78, 5) is 32.5. The molecule has 39 heavy (non-hydrogen) atoms. The minimum absolute atomic E-state index is 0.0558. The molecule has 1 unspecified atom stereocenters. The number of hydrogen-bond donors (Lipinski definition) is 0. The van der Waals surface area contributed by atoms with E-state index in [2.05, 4.69) is 51.1 Å². The van der Waals surface area contributed by atoms with Crippen LogP contribution in [0.1, 0.15) is 66.4 Å². The van der Waals surface area contributed by atoms with Crippen LogP contribution in [0.15, 0.2) is 48.5 Å². The minimum atomic E-state index is -3.13. The zero-order valence-corrected chi connectivity index (χ0v) is 23.7. The number of ether oxygens (including phenoxy) is 1. The first-order chi connectivity index (χ1) is 18.4. The normalized spacial score (nSPS) is 19.3. The second kappa shape index (κ2) is 10.2. The van der Waals surface area contributed by atoms with E-state index in [-0.39, 0.29) is 16.9 Å². The largest absolute Gasteiger partial charge is 0.452 e. The number of allylic oxidation sites excluding steroid dienone is 1. The predicted octanol–water partition coefficient (Wildman–Crippen LogP) is 4.82. The molecule has 0 radical (unpaired) electrons. The Morgan fingerprint density at radius 1 is 1.08 bits per heavy atom. The highest BCUT2D eigenvalue weighted by Crippen LogP contribution is 2.38. The highest BCUT2D eigenvalue weighted by Gasteiger charge is 2.33. The number of rotatable bonds is 5. The summed E-state index contributed by atoms with van der Waals surface area (Å²) >= 11 is 0. The molecule has 1 amide bonds. The fourth-order valence-corrected chi connectivity index (χ4v) is 7.15. The van der Waals surface area contributed by atoms with E-state index in [9.17, 15) is 18.0 Å². The molecule has 1 aliphatic carbocycles. The maximum atomic E-state index is 13.4. The number of pyridine rings is 1. The van der Waals surface area contributed by atoms with Crippen molar-refractivity contribution in [3.05, 3.63) is 76.5 Å². The maximum absolute atomic E-state index is 13.4. The zero-order chi connectivity index (χ0) is 27.9. The molecule has 0 spiro atoms. The number of carbonyl (C=O) groups excluding carboxylic acids is 2. The zero-order valence-electron chi connectivity index (χ0n) is 22.9. The molecule has 5 rings (SSSR count). The van der Waals surface area contributed by atoms with E-state index in [4.69, 9.17) is 9.72 Å². The highest BCUT2D eigenvalue weighted by atomic mass is 32.2. The minimum Gasteiger partial charge on any atom is -0.452 e. The number of fused-ring (bicyclic) bond motifs is 2. The van der Waals surface area contributed by atoms with Gasteiger partial charge in [0.15, 0.2) is 16.4 Å². The lowest BCUT2D eigenvalue weighted by atomic mass is 9.86. The van der Waals surface area contributed by atoms with Crippen molar-refractivity contribution in [2.45, 2.75) is 51.5 Å². The van der Waals surface area contributed by atoms with Crippen LogP contribution in [0.25, 0.3) is 22.6 Å². The first kappa shape index (κ1) is 27.1. The number of hydrogen-bond acceptors (Lipinski definition) is 6. The van der Waals surface area contributed by atoms with Crippen molar-refractivity contribution in [1.29, 1.82) is 0 Å². The van der Waals surface area contributed by atoms with Gasteiger partial charge in [-0.3, -0.25) is 4.79 Å². The van der Waals surface area contributed by atoms with Crippen LogP contribution in [0.3, 0.4) is 0 Å². The predicted molar refractivity (Wildman–Crippen MR) is 153 cm³/mol. The van der Waals surface area contributed by atoms with Gasteiger partial charge in [0.25, 0.3) is 5.91 Å². The maximum Gasteiger partial charge on any atom is 0.339 e. The number of para-hydroxylation sites is 1. The van der Waals surface area contributed by atoms with Crippen molar-refractivity contribution in [3.63, 3.8) is 0 Å². The van der Waals surface area contributed by atoms with Gasteiger partial charge in [-0.1, -0.05) is 63.2 Å². The average Bonchev–Trinajstić information content (AvgIpc) is 3.47. The molecule has 2 heterocycles. The highest BCUT2D eigenvalue weighted by molar-refractivity contribution is 7.91. The second-order valence-electron chi connectivity index (χ2n) is 11.5. The number of esters is 1. The van der Waals surface area contributed by atoms with E-state index in [1.807, 2.05) is 24.3 Å². The van der Waals surface area contributed by atoms with E-state index < -0.39 is 34.4 Å². The van der Waals surface area contributed by atoms with Crippen LogP contribution in [0.2, 0.25) is 0 Å². The number of nitrogens with zero attached hydrogens (tertiary/aromatic N) is 2. The van der Waals surface area contributed by atoms with Gasteiger partial charge in [-0.25, -0.2) is 18.2 Å². The van der Waals surface area contributed by atoms with Crippen LogP contribution in [-0.4, -0.2) is 61.4 Å². The summed E-state index contributed by atoms with van der Waals surface area (Å²) < 4.78 is 29.2. The Bertz CT molecular complexity index is 1580. The third-order valence-corrected chi connectivity index (χ3v) is 9.49. The summed E-state index contributed by atoms with van der Waals surface area (Å²) in [5.74, 6) is -0.971. The Kier molecular flexibility index (Phi) is 7.10. The lowest BCUT2D eigenvalue weighted by molar-refractivity contribution is -0.134. The molecule has 0 saturated carbocycles. The summed E-state index contributed by atoms with van der Waals surface area (Å²) in [6.07, 6.45) is 3.92. The fraction of sp³-hybridized carbons (Fsp3) is 0.387. The molecule has 8 heteroatoms. The summed E-state index contributed by atoms with van der Waals surface area (Å²) in [5.41, 5.74) is 6.24. The smallest absolute Gasteiger partial charge is 0.339 e. The van der Waals surface area contributed by atoms with Gasteiger partial charge in [0, 0.05) is 18.5 Å². The van der Waals surface area contributed by atoms with Gasteiger partial charge in [0.1, 0.15) is 0 Å². The van der Waals surface area contributed by atoms with E-state index in [1.165, 1.54) is 10.5 Å². The Balaban J connectivity index is 1.41. The van der Waals surface area contributed by atoms with Gasteiger partial charge in [0.2, 0.25) is 0 Å². The van der Waals surface area contributed by atoms with Gasteiger partial charge < -0.3 is 9.64 Å². The van der Waals surface area contributed by atoms with Gasteiger partial charge in [0.05, 0.1) is 28.3 Å². The Morgan fingerprint density at radius 2 is 1.79 bits per heavy atom. The lowest BCUT2D eigenvalue weighted by Crippen LogP contribution is -2.40. The van der Waals surface area contributed by atoms with Gasteiger partial charge >= 0.3 is 5.97 Å². The molecule has 1 atom stereocenters. The quantitative estimate of drug-likeness (QED) is 0.426. The molecular formula is C31H34N2O5S. The lowest BCUT2D eigenvalue weighted by Gasteiger charge is -2.23. The molecule has 1 fully saturated rings. The van der Waals surface area contributed by atoms with E-state index in [1.54, 1.807) is 7.05 Å². The molecule has 7 nitrogen and oxygen atoms in total. The molecule has 2 aliphatic rings. The monoisotopic (exact) mass is 546 g/mol. The topological polar surface area (TPSA) is 93.6 Å². The molecule has 1 saturated heterocycles. The van der Waals surface area contributed by atoms with Crippen LogP contribution in [-0.2, 0) is 31.2 Å². The Morgan fingerprint density at radius 3 is 2.46 bits per heavy atom. The first-order valence-electron chi connectivity index (χ1n) is 13.3. The number of benzene rings is 2. The summed E-state index contributed by atoms with van der Waals surface area (Å²) in [6, 6.07) is 15.6. The van der Waals surface area contributed by atoms with Crippen molar-refractivity contribution in [3.8, 4) is 0 Å². The van der Waals surface area contributed by atoms with Crippen molar-refractivity contribution in [1.82, 2.24) is 9.88 Å². The van der Waals surface area contributed by atoms with Crippen molar-refractivity contribution >= 4 is 44.3 Å². The van der Waals surface area contributed by atoms with Crippen molar-refractivity contribution in [2.24, 2.45) is 0 Å². The number of amides is 1. The SMILES string of the molecule is CN(C(=O)COC(=O)c1c2c(nc3ccccc13)/C(=C\c1ccc(C(C)(C)C)cc1)CC2)C1CCS(=O)(=O)C1. The standard InChI is InChI=1S/C31H34N2O5S/c1-31(2,3)22-12-9-20(10-13-22)17-21-11-14-25-28(24-7-5-6-8-26(24)32-29(21)25)30(35)38-18-27(34)33(4)23-15-16-39(36,37)19-23/h5-10,12-13,17,23H,11,14-16,18-19H2,1-4H3/b21-17-. The molecule has 3 aromatic rings. The van der Waals surface area contributed by atoms with Crippen LogP contribution in [0.5, 0.6) is 0 Å².